The molecule has 3 N–H and O–H groups in total. The summed E-state index contributed by atoms with van der Waals surface area (Å²) in [6.07, 6.45) is 0.612. The Morgan fingerprint density at radius 2 is 1.86 bits per heavy atom. The summed E-state index contributed by atoms with van der Waals surface area (Å²) >= 11 is 0. The van der Waals surface area contributed by atoms with E-state index < -0.39 is 12.0 Å². The first kappa shape index (κ1) is 18.2. The Kier molecular flexibility index (Phi) is 7.60. The van der Waals surface area contributed by atoms with E-state index in [9.17, 15) is 9.59 Å². The normalized spacial score (nSPS) is 13.5. The number of hydrogen-bond donors (Lipinski definition) is 2. The fourth-order valence-corrected chi connectivity index (χ4v) is 2.21. The topological polar surface area (TPSA) is 81.4 Å². The lowest BCUT2D eigenvalue weighted by molar-refractivity contribution is -0.144. The van der Waals surface area contributed by atoms with Crippen LogP contribution in [-0.2, 0) is 14.3 Å². The zero-order chi connectivity index (χ0) is 16.5. The minimum Gasteiger partial charge on any atom is -0.465 e. The molecule has 122 valence electrons. The summed E-state index contributed by atoms with van der Waals surface area (Å²) in [5, 5.41) is 2.76. The molecule has 5 heteroatoms. The molecule has 22 heavy (non-hydrogen) atoms. The summed E-state index contributed by atoms with van der Waals surface area (Å²) in [6.45, 7) is 6.28. The Morgan fingerprint density at radius 3 is 2.41 bits per heavy atom. The quantitative estimate of drug-likeness (QED) is 0.718. The van der Waals surface area contributed by atoms with Gasteiger partial charge in [-0.2, -0.15) is 0 Å². The number of amides is 1. The lowest BCUT2D eigenvalue weighted by Gasteiger charge is -2.19. The zero-order valence-electron chi connectivity index (χ0n) is 13.5. The molecule has 0 saturated heterocycles. The third-order valence-corrected chi connectivity index (χ3v) is 3.32. The number of nitrogens with one attached hydrogen (secondary N) is 1. The molecule has 0 radical (unpaired) electrons. The predicted molar refractivity (Wildman–Crippen MR) is 86.3 cm³/mol. The van der Waals surface area contributed by atoms with Crippen LogP contribution in [0.2, 0.25) is 0 Å². The first-order valence-electron chi connectivity index (χ1n) is 7.70. The van der Waals surface area contributed by atoms with E-state index in [4.69, 9.17) is 10.5 Å². The summed E-state index contributed by atoms with van der Waals surface area (Å²) in [5.41, 5.74) is 6.67. The van der Waals surface area contributed by atoms with Crippen LogP contribution in [0.3, 0.4) is 0 Å². The fraction of sp³-hybridized carbons (Fsp3) is 0.529. The Labute approximate surface area is 132 Å². The van der Waals surface area contributed by atoms with Gasteiger partial charge in [-0.15, -0.1) is 0 Å². The molecule has 2 atom stereocenters. The third-order valence-electron chi connectivity index (χ3n) is 3.32. The van der Waals surface area contributed by atoms with Crippen molar-refractivity contribution in [2.45, 2.75) is 39.2 Å². The molecule has 1 amide bonds. The lowest BCUT2D eigenvalue weighted by atomic mass is 9.98. The molecular formula is C17H26N2O3. The minimum absolute atomic E-state index is 0.188. The third kappa shape index (κ3) is 5.85. The van der Waals surface area contributed by atoms with E-state index in [1.54, 1.807) is 6.92 Å². The maximum atomic E-state index is 12.1. The summed E-state index contributed by atoms with van der Waals surface area (Å²) in [6, 6.07) is 8.73. The number of carbonyl (C=O) groups is 2. The molecule has 0 fully saturated rings. The van der Waals surface area contributed by atoms with Crippen LogP contribution < -0.4 is 11.1 Å². The second-order valence-corrected chi connectivity index (χ2v) is 5.70. The van der Waals surface area contributed by atoms with E-state index in [1.165, 1.54) is 0 Å². The van der Waals surface area contributed by atoms with Crippen LogP contribution >= 0.6 is 0 Å². The van der Waals surface area contributed by atoms with E-state index in [0.717, 1.165) is 5.56 Å². The molecule has 1 aromatic rings. The number of hydrogen-bond acceptors (Lipinski definition) is 4. The van der Waals surface area contributed by atoms with E-state index in [1.807, 2.05) is 44.2 Å². The molecule has 0 bridgehead atoms. The van der Waals surface area contributed by atoms with Gasteiger partial charge in [-0.1, -0.05) is 44.2 Å². The highest BCUT2D eigenvalue weighted by Gasteiger charge is 2.24. The number of esters is 1. The average molecular weight is 306 g/mol. The van der Waals surface area contributed by atoms with Gasteiger partial charge in [0.05, 0.1) is 18.6 Å². The number of nitrogens with two attached hydrogens (primary N) is 1. The van der Waals surface area contributed by atoms with Crippen LogP contribution in [-0.4, -0.2) is 31.1 Å². The van der Waals surface area contributed by atoms with E-state index in [0.29, 0.717) is 18.9 Å². The van der Waals surface area contributed by atoms with Gasteiger partial charge in [-0.25, -0.2) is 0 Å². The van der Waals surface area contributed by atoms with Crippen LogP contribution in [0.5, 0.6) is 0 Å². The Hall–Kier alpha value is -1.88. The highest BCUT2D eigenvalue weighted by Crippen LogP contribution is 2.16. The molecule has 5 nitrogen and oxygen atoms in total. The van der Waals surface area contributed by atoms with Crippen molar-refractivity contribution in [3.63, 3.8) is 0 Å². The van der Waals surface area contributed by atoms with Gasteiger partial charge in [0.15, 0.2) is 0 Å². The molecule has 1 rings (SSSR count). The molecule has 0 heterocycles. The van der Waals surface area contributed by atoms with Gasteiger partial charge < -0.3 is 15.8 Å². The predicted octanol–water partition coefficient (Wildman–Crippen LogP) is 1.82. The number of rotatable bonds is 8. The van der Waals surface area contributed by atoms with Gasteiger partial charge in [-0.3, -0.25) is 9.59 Å². The number of benzene rings is 1. The molecule has 0 spiro atoms. The standard InChI is InChI=1S/C17H26N2O3/c1-4-22-17(21)14(13-8-6-5-7-9-13)11-19-16(20)15(18)10-12(2)3/h5-9,12,14-15H,4,10-11,18H2,1-3H3,(H,19,20)/t14?,15-/m0/s1. The molecule has 0 aliphatic heterocycles. The van der Waals surface area contributed by atoms with E-state index in [-0.39, 0.29) is 18.4 Å². The number of ether oxygens (including phenoxy) is 1. The highest BCUT2D eigenvalue weighted by molar-refractivity contribution is 5.83. The van der Waals surface area contributed by atoms with Gasteiger partial charge in [0, 0.05) is 6.54 Å². The molecule has 0 aliphatic rings. The van der Waals surface area contributed by atoms with Crippen molar-refractivity contribution in [2.75, 3.05) is 13.2 Å². The largest absolute Gasteiger partial charge is 0.465 e. The SMILES string of the molecule is CCOC(=O)C(CNC(=O)[C@@H](N)CC(C)C)c1ccccc1. The Morgan fingerprint density at radius 1 is 1.23 bits per heavy atom. The van der Waals surface area contributed by atoms with Crippen molar-refractivity contribution in [3.05, 3.63) is 35.9 Å². The smallest absolute Gasteiger partial charge is 0.315 e. The molecule has 0 aromatic heterocycles. The molecule has 1 aromatic carbocycles. The van der Waals surface area contributed by atoms with E-state index >= 15 is 0 Å². The molecule has 0 saturated carbocycles. The molecule has 0 aliphatic carbocycles. The average Bonchev–Trinajstić information content (AvgIpc) is 2.48. The highest BCUT2D eigenvalue weighted by atomic mass is 16.5. The van der Waals surface area contributed by atoms with Gasteiger partial charge in [0.2, 0.25) is 5.91 Å². The molecule has 1 unspecified atom stereocenters. The van der Waals surface area contributed by atoms with Crippen molar-refractivity contribution in [1.29, 1.82) is 0 Å². The Bertz CT molecular complexity index is 474. The van der Waals surface area contributed by atoms with E-state index in [2.05, 4.69) is 5.32 Å². The van der Waals surface area contributed by atoms with Crippen LogP contribution in [0.1, 0.15) is 38.7 Å². The second kappa shape index (κ2) is 9.20. The summed E-state index contributed by atoms with van der Waals surface area (Å²) in [5.74, 6) is -0.752. The minimum atomic E-state index is -0.557. The maximum Gasteiger partial charge on any atom is 0.315 e. The zero-order valence-corrected chi connectivity index (χ0v) is 13.5. The van der Waals surface area contributed by atoms with Crippen LogP contribution in [0.4, 0.5) is 0 Å². The summed E-state index contributed by atoms with van der Waals surface area (Å²) < 4.78 is 5.09. The van der Waals surface area contributed by atoms with Crippen molar-refractivity contribution in [1.82, 2.24) is 5.32 Å². The van der Waals surface area contributed by atoms with Gasteiger partial charge in [0.1, 0.15) is 0 Å². The first-order chi connectivity index (χ1) is 10.5. The second-order valence-electron chi connectivity index (χ2n) is 5.70. The van der Waals surface area contributed by atoms with Crippen LogP contribution in [0.15, 0.2) is 30.3 Å². The van der Waals surface area contributed by atoms with Crippen molar-refractivity contribution < 1.29 is 14.3 Å². The van der Waals surface area contributed by atoms with Crippen LogP contribution in [0.25, 0.3) is 0 Å². The lowest BCUT2D eigenvalue weighted by Crippen LogP contribution is -2.43. The van der Waals surface area contributed by atoms with Gasteiger partial charge >= 0.3 is 5.97 Å². The summed E-state index contributed by atoms with van der Waals surface area (Å²) in [7, 11) is 0. The van der Waals surface area contributed by atoms with Crippen LogP contribution in [0, 0.1) is 5.92 Å². The number of carbonyl (C=O) groups excluding carboxylic acids is 2. The van der Waals surface area contributed by atoms with Gasteiger partial charge in [0.25, 0.3) is 0 Å². The van der Waals surface area contributed by atoms with Gasteiger partial charge in [-0.05, 0) is 24.8 Å². The van der Waals surface area contributed by atoms with Crippen molar-refractivity contribution in [3.8, 4) is 0 Å². The summed E-state index contributed by atoms with van der Waals surface area (Å²) in [4.78, 5) is 24.1. The van der Waals surface area contributed by atoms with Crippen molar-refractivity contribution in [2.24, 2.45) is 11.7 Å². The molecular weight excluding hydrogens is 280 g/mol. The fourth-order valence-electron chi connectivity index (χ4n) is 2.21. The van der Waals surface area contributed by atoms with Crippen molar-refractivity contribution >= 4 is 11.9 Å². The Balaban J connectivity index is 2.70. The maximum absolute atomic E-state index is 12.1. The first-order valence-corrected chi connectivity index (χ1v) is 7.70. The monoisotopic (exact) mass is 306 g/mol.